The van der Waals surface area contributed by atoms with Gasteiger partial charge in [-0.1, -0.05) is 36.4 Å². The van der Waals surface area contributed by atoms with Crippen LogP contribution in [0.25, 0.3) is 21.5 Å². The largest absolute Gasteiger partial charge is 0.126 e. The van der Waals surface area contributed by atoms with E-state index in [1.165, 1.54) is 32.7 Å². The molecule has 0 spiro atoms. The van der Waals surface area contributed by atoms with Gasteiger partial charge in [0.1, 0.15) is 0 Å². The van der Waals surface area contributed by atoms with Crippen LogP contribution in [0, 0.1) is 6.08 Å². The van der Waals surface area contributed by atoms with Crippen LogP contribution in [0.2, 0.25) is 0 Å². The van der Waals surface area contributed by atoms with E-state index >= 15 is 0 Å². The summed E-state index contributed by atoms with van der Waals surface area (Å²) in [6.07, 6.45) is 12.2. The maximum absolute atomic E-state index is 2.99. The second-order valence-electron chi connectivity index (χ2n) is 8.25. The van der Waals surface area contributed by atoms with E-state index in [4.69, 9.17) is 0 Å². The summed E-state index contributed by atoms with van der Waals surface area (Å²) in [5, 5.41) is 5.39. The zero-order chi connectivity index (χ0) is 23.4. The van der Waals surface area contributed by atoms with Crippen LogP contribution in [0.3, 0.4) is 0 Å². The second kappa shape index (κ2) is 16.3. The predicted octanol–water partition coefficient (Wildman–Crippen LogP) is 2.22. The van der Waals surface area contributed by atoms with Gasteiger partial charge in [-0.3, -0.25) is 6.08 Å². The fourth-order valence-corrected chi connectivity index (χ4v) is 4.99. The Kier molecular flexibility index (Phi) is 13.5. The van der Waals surface area contributed by atoms with E-state index in [-0.39, 0.29) is 24.8 Å². The summed E-state index contributed by atoms with van der Waals surface area (Å²) in [7, 11) is 0. The van der Waals surface area contributed by atoms with Crippen LogP contribution in [0.15, 0.2) is 133 Å². The molecule has 0 fully saturated rings. The third-order valence-corrected chi connectivity index (χ3v) is 6.50. The van der Waals surface area contributed by atoms with Crippen LogP contribution in [0.1, 0.15) is 17.5 Å². The summed E-state index contributed by atoms with van der Waals surface area (Å²) in [6, 6.07) is 40.7. The Bertz CT molecular complexity index is 1280. The van der Waals surface area contributed by atoms with Crippen molar-refractivity contribution in [2.45, 2.75) is 19.3 Å². The van der Waals surface area contributed by atoms with Crippen molar-refractivity contribution in [1.82, 2.24) is 0 Å². The fourth-order valence-electron chi connectivity index (χ4n) is 3.99. The minimum absolute atomic E-state index is 0. The molecule has 0 radical (unpaired) electrons. The Morgan fingerprint density at radius 3 is 1.47 bits per heavy atom. The minimum Gasteiger partial charge on any atom is -0.126 e. The minimum atomic E-state index is 0. The Hall–Kier alpha value is -2.44. The first-order chi connectivity index (χ1) is 16.8. The van der Waals surface area contributed by atoms with Crippen LogP contribution >= 0.6 is 0 Å². The smallest absolute Gasteiger partial charge is 0.0771 e. The molecule has 180 valence electrons. The van der Waals surface area contributed by atoms with Crippen molar-refractivity contribution in [3.05, 3.63) is 151 Å². The van der Waals surface area contributed by atoms with Gasteiger partial charge in [-0.2, -0.15) is 6.08 Å². The molecule has 6 rings (SSSR count). The molecule has 5 aromatic carbocycles. The van der Waals surface area contributed by atoms with Crippen molar-refractivity contribution in [3.8, 4) is 0 Å². The quantitative estimate of drug-likeness (QED) is 0.284. The first-order valence-electron chi connectivity index (χ1n) is 11.7. The van der Waals surface area contributed by atoms with Gasteiger partial charge in [-0.05, 0) is 0 Å². The Morgan fingerprint density at radius 2 is 1.08 bits per heavy atom. The van der Waals surface area contributed by atoms with Crippen molar-refractivity contribution in [2.24, 2.45) is 0 Å². The molecule has 0 saturated carbocycles. The summed E-state index contributed by atoms with van der Waals surface area (Å²) < 4.78 is 1.60. The zero-order valence-electron chi connectivity index (χ0n) is 20.1. The van der Waals surface area contributed by atoms with Crippen molar-refractivity contribution in [3.63, 3.8) is 0 Å². The molecule has 5 aromatic rings. The fraction of sp³-hybridized carbons (Fsp3) is 0.0909. The molecular formula is C33H28Cl2Zr-2. The van der Waals surface area contributed by atoms with Gasteiger partial charge >= 0.3 is 112 Å². The van der Waals surface area contributed by atoms with E-state index < -0.39 is 0 Å². The Labute approximate surface area is 242 Å². The predicted molar refractivity (Wildman–Crippen MR) is 144 cm³/mol. The van der Waals surface area contributed by atoms with Crippen LogP contribution in [-0.4, -0.2) is 3.21 Å². The van der Waals surface area contributed by atoms with Gasteiger partial charge in [-0.15, -0.1) is 46.2 Å². The average Bonchev–Trinajstić information content (AvgIpc) is 3.58. The topological polar surface area (TPSA) is 0 Å². The third-order valence-electron chi connectivity index (χ3n) is 5.63. The summed E-state index contributed by atoms with van der Waals surface area (Å²) >= 11 is 1.55. The molecule has 0 unspecified atom stereocenters. The first kappa shape index (κ1) is 29.8. The van der Waals surface area contributed by atoms with Gasteiger partial charge in [0, 0.05) is 0 Å². The number of hydrogen-bond donors (Lipinski definition) is 0. The Morgan fingerprint density at radius 1 is 0.639 bits per heavy atom. The van der Waals surface area contributed by atoms with Crippen LogP contribution < -0.4 is 24.8 Å². The van der Waals surface area contributed by atoms with Gasteiger partial charge in [0.05, 0.1) is 0 Å². The first-order valence-corrected chi connectivity index (χ1v) is 12.9. The monoisotopic (exact) mass is 584 g/mol. The van der Waals surface area contributed by atoms with Crippen molar-refractivity contribution < 1.29 is 49.0 Å². The van der Waals surface area contributed by atoms with Crippen molar-refractivity contribution >= 4 is 24.8 Å². The van der Waals surface area contributed by atoms with Crippen molar-refractivity contribution in [1.29, 1.82) is 0 Å². The number of halogens is 2. The van der Waals surface area contributed by atoms with Crippen LogP contribution in [-0.2, 0) is 37.1 Å². The van der Waals surface area contributed by atoms with Crippen LogP contribution in [0.4, 0.5) is 0 Å². The van der Waals surface area contributed by atoms with E-state index in [1.54, 1.807) is 27.4 Å². The normalized spacial score (nSPS) is 10.9. The number of fused-ring (bicyclic) bond motifs is 3. The molecule has 1 aliphatic carbocycles. The summed E-state index contributed by atoms with van der Waals surface area (Å²) in [6.45, 7) is 0. The molecule has 0 N–H and O–H groups in total. The number of rotatable bonds is 4. The van der Waals surface area contributed by atoms with Gasteiger partial charge < -0.3 is 24.8 Å². The zero-order valence-corrected chi connectivity index (χ0v) is 24.0. The van der Waals surface area contributed by atoms with Gasteiger partial charge in [-0.25, -0.2) is 12.2 Å². The van der Waals surface area contributed by atoms with E-state index in [0.717, 1.165) is 19.3 Å². The number of hydrogen-bond acceptors (Lipinski definition) is 0. The maximum atomic E-state index is 2.99. The molecule has 36 heavy (non-hydrogen) atoms. The molecule has 0 aromatic heterocycles. The summed E-state index contributed by atoms with van der Waals surface area (Å²) in [5.74, 6) is 0. The summed E-state index contributed by atoms with van der Waals surface area (Å²) in [5.41, 5.74) is 2.84. The second-order valence-corrected chi connectivity index (χ2v) is 9.99. The van der Waals surface area contributed by atoms with E-state index in [9.17, 15) is 0 Å². The molecule has 1 aliphatic rings. The molecule has 3 heteroatoms. The maximum Gasteiger partial charge on any atom is -0.0771 e. The Balaban J connectivity index is 0.000000205. The molecular weight excluding hydrogens is 558 g/mol. The van der Waals surface area contributed by atoms with Gasteiger partial charge in [0.15, 0.2) is 0 Å². The third kappa shape index (κ3) is 9.22. The van der Waals surface area contributed by atoms with E-state index in [2.05, 4.69) is 127 Å². The molecule has 0 aliphatic heterocycles. The molecule has 0 atom stereocenters. The van der Waals surface area contributed by atoms with Gasteiger partial charge in [0.2, 0.25) is 0 Å². The molecule has 0 amide bonds. The van der Waals surface area contributed by atoms with Crippen molar-refractivity contribution in [2.75, 3.05) is 0 Å². The summed E-state index contributed by atoms with van der Waals surface area (Å²) in [4.78, 5) is 0. The number of allylic oxidation sites excluding steroid dienone is 4. The SMILES string of the molecule is [C-]1=CC=CC1.[Cl-].[Cl-].[Zr+2]=[C](Cc1ccccc1)Cc1ccccc1.c1ccc2c(c1)[cH-]c1ccccc12. The average molecular weight is 587 g/mol. The molecule has 0 nitrogen and oxygen atoms in total. The van der Waals surface area contributed by atoms with E-state index in [0.29, 0.717) is 0 Å². The number of benzene rings is 4. The van der Waals surface area contributed by atoms with Crippen LogP contribution in [0.5, 0.6) is 0 Å². The molecule has 0 saturated heterocycles. The standard InChI is InChI=1S/C15H14.C13H9.C5H5.2ClH.Zr/c1-3-8-14(9-4-1)12-7-13-15-10-5-2-6-11-15;1-3-7-12-10(5-1)9-11-6-2-4-8-13(11)12;1-2-4-5-3-1;;;/h1-6,8-11H,12-13H2;1-9H;1-3H,4H2;2*1H;/q;2*-1;;;+2/p-2. The van der Waals surface area contributed by atoms with Gasteiger partial charge in [0.25, 0.3) is 0 Å². The molecule has 0 bridgehead atoms. The van der Waals surface area contributed by atoms with E-state index in [1.807, 2.05) is 12.2 Å². The molecule has 0 heterocycles.